The van der Waals surface area contributed by atoms with Gasteiger partial charge >= 0.3 is 0 Å². The van der Waals surface area contributed by atoms with Crippen LogP contribution in [0.5, 0.6) is 5.75 Å². The fourth-order valence-corrected chi connectivity index (χ4v) is 3.52. The average Bonchev–Trinajstić information content (AvgIpc) is 2.78. The molecule has 158 valence electrons. The molecule has 2 N–H and O–H groups in total. The van der Waals surface area contributed by atoms with Gasteiger partial charge in [-0.05, 0) is 67.6 Å². The van der Waals surface area contributed by atoms with Crippen LogP contribution in [-0.2, 0) is 4.79 Å². The summed E-state index contributed by atoms with van der Waals surface area (Å²) in [6.07, 6.45) is 0. The normalized spacial score (nSPS) is 10.3. The highest BCUT2D eigenvalue weighted by molar-refractivity contribution is 8.00. The molecule has 31 heavy (non-hydrogen) atoms. The number of hydrogen-bond donors (Lipinski definition) is 2. The predicted molar refractivity (Wildman–Crippen MR) is 123 cm³/mol. The second-order valence-electron chi connectivity index (χ2n) is 6.68. The molecule has 0 bridgehead atoms. The van der Waals surface area contributed by atoms with Crippen molar-refractivity contribution in [2.45, 2.75) is 11.8 Å². The van der Waals surface area contributed by atoms with Crippen LogP contribution in [0.25, 0.3) is 0 Å². The number of ether oxygens (including phenoxy) is 1. The van der Waals surface area contributed by atoms with Crippen molar-refractivity contribution in [3.8, 4) is 5.75 Å². The van der Waals surface area contributed by atoms with Gasteiger partial charge in [0.05, 0.1) is 12.9 Å². The van der Waals surface area contributed by atoms with E-state index < -0.39 is 0 Å². The lowest BCUT2D eigenvalue weighted by atomic mass is 10.1. The molecular weight excluding hydrogens is 412 g/mol. The van der Waals surface area contributed by atoms with Crippen LogP contribution in [0, 0.1) is 0 Å². The van der Waals surface area contributed by atoms with Crippen molar-refractivity contribution in [1.82, 2.24) is 0 Å². The summed E-state index contributed by atoms with van der Waals surface area (Å²) < 4.78 is 5.15. The molecule has 0 fully saturated rings. The van der Waals surface area contributed by atoms with Crippen LogP contribution in [0.2, 0.25) is 0 Å². The Kier molecular flexibility index (Phi) is 7.45. The number of rotatable bonds is 8. The Bertz CT molecular complexity index is 1100. The summed E-state index contributed by atoms with van der Waals surface area (Å²) in [5.74, 6) is 0.395. The van der Waals surface area contributed by atoms with Crippen LogP contribution in [-0.4, -0.2) is 30.5 Å². The number of nitrogens with one attached hydrogen (secondary N) is 2. The van der Waals surface area contributed by atoms with E-state index in [9.17, 15) is 14.4 Å². The Morgan fingerprint density at radius 3 is 2.29 bits per heavy atom. The van der Waals surface area contributed by atoms with Gasteiger partial charge < -0.3 is 15.4 Å². The maximum Gasteiger partial charge on any atom is 0.255 e. The maximum atomic E-state index is 12.5. The second kappa shape index (κ2) is 10.4. The zero-order valence-electron chi connectivity index (χ0n) is 17.2. The molecule has 0 spiro atoms. The van der Waals surface area contributed by atoms with Gasteiger partial charge in [-0.2, -0.15) is 0 Å². The number of hydrogen-bond acceptors (Lipinski definition) is 5. The van der Waals surface area contributed by atoms with Gasteiger partial charge in [-0.25, -0.2) is 0 Å². The van der Waals surface area contributed by atoms with Gasteiger partial charge in [0.1, 0.15) is 5.75 Å². The Morgan fingerprint density at radius 2 is 1.58 bits per heavy atom. The highest BCUT2D eigenvalue weighted by Gasteiger charge is 2.09. The number of benzene rings is 3. The molecule has 0 aliphatic carbocycles. The molecular formula is C24H22N2O4S. The topological polar surface area (TPSA) is 84.5 Å². The summed E-state index contributed by atoms with van der Waals surface area (Å²) in [4.78, 5) is 36.9. The number of ketones is 1. The lowest BCUT2D eigenvalue weighted by Crippen LogP contribution is -2.14. The second-order valence-corrected chi connectivity index (χ2v) is 7.73. The molecule has 0 unspecified atom stereocenters. The molecule has 0 saturated carbocycles. The maximum absolute atomic E-state index is 12.5. The molecule has 3 aromatic carbocycles. The number of Topliss-reactive ketones (excluding diaryl/α,β-unsaturated/α-hetero) is 1. The molecule has 3 rings (SSSR count). The number of anilines is 2. The zero-order valence-corrected chi connectivity index (χ0v) is 18.0. The highest BCUT2D eigenvalue weighted by atomic mass is 32.2. The highest BCUT2D eigenvalue weighted by Crippen LogP contribution is 2.23. The molecule has 0 radical (unpaired) electrons. The van der Waals surface area contributed by atoms with Crippen molar-refractivity contribution >= 4 is 40.7 Å². The van der Waals surface area contributed by atoms with Crippen LogP contribution in [0.1, 0.15) is 27.6 Å². The Labute approximate surface area is 185 Å². The number of carbonyl (C=O) groups is 3. The van der Waals surface area contributed by atoms with Gasteiger partial charge in [0.2, 0.25) is 5.91 Å². The molecule has 0 aromatic heterocycles. The van der Waals surface area contributed by atoms with E-state index in [2.05, 4.69) is 10.6 Å². The molecule has 2 amide bonds. The van der Waals surface area contributed by atoms with Gasteiger partial charge in [0.25, 0.3) is 5.91 Å². The van der Waals surface area contributed by atoms with Crippen LogP contribution in [0.15, 0.2) is 77.7 Å². The lowest BCUT2D eigenvalue weighted by Gasteiger charge is -2.09. The van der Waals surface area contributed by atoms with Crippen molar-refractivity contribution < 1.29 is 19.1 Å². The Balaban J connectivity index is 1.55. The quantitative estimate of drug-likeness (QED) is 0.390. The third-order valence-electron chi connectivity index (χ3n) is 4.37. The van der Waals surface area contributed by atoms with E-state index in [1.807, 2.05) is 18.2 Å². The van der Waals surface area contributed by atoms with E-state index in [-0.39, 0.29) is 23.4 Å². The number of thioether (sulfide) groups is 1. The standard InChI is InChI=1S/C24H22N2O4S/c1-16(27)17-9-11-19(12-10-17)25-23(28)15-31-22-8-4-6-20(14-22)26-24(29)18-5-3-7-21(13-18)30-2/h3-14H,15H2,1-2H3,(H,25,28)(H,26,29). The monoisotopic (exact) mass is 434 g/mol. The van der Waals surface area contributed by atoms with Crippen LogP contribution in [0.3, 0.4) is 0 Å². The van der Waals surface area contributed by atoms with E-state index in [0.29, 0.717) is 28.3 Å². The van der Waals surface area contributed by atoms with Crippen LogP contribution >= 0.6 is 11.8 Å². The summed E-state index contributed by atoms with van der Waals surface area (Å²) in [5, 5.41) is 5.66. The molecule has 0 saturated heterocycles. The minimum Gasteiger partial charge on any atom is -0.497 e. The number of carbonyl (C=O) groups excluding carboxylic acids is 3. The molecule has 3 aromatic rings. The average molecular weight is 435 g/mol. The third kappa shape index (κ3) is 6.45. The summed E-state index contributed by atoms with van der Waals surface area (Å²) in [5.41, 5.74) is 2.36. The first kappa shape index (κ1) is 22.1. The van der Waals surface area contributed by atoms with E-state index >= 15 is 0 Å². The van der Waals surface area contributed by atoms with Gasteiger partial charge in [-0.1, -0.05) is 12.1 Å². The lowest BCUT2D eigenvalue weighted by molar-refractivity contribution is -0.113. The molecule has 7 heteroatoms. The van der Waals surface area contributed by atoms with Crippen molar-refractivity contribution in [2.24, 2.45) is 0 Å². The number of methoxy groups -OCH3 is 1. The predicted octanol–water partition coefficient (Wildman–Crippen LogP) is 4.88. The third-order valence-corrected chi connectivity index (χ3v) is 5.36. The van der Waals surface area contributed by atoms with Crippen LogP contribution in [0.4, 0.5) is 11.4 Å². The molecule has 0 atom stereocenters. The first-order chi connectivity index (χ1) is 14.9. The smallest absolute Gasteiger partial charge is 0.255 e. The van der Waals surface area contributed by atoms with Gasteiger partial charge in [-0.15, -0.1) is 11.8 Å². The molecule has 0 aliphatic rings. The minimum absolute atomic E-state index is 0.0215. The van der Waals surface area contributed by atoms with E-state index in [4.69, 9.17) is 4.74 Å². The SMILES string of the molecule is COc1cccc(C(=O)Nc2cccc(SCC(=O)Nc3ccc(C(C)=O)cc3)c2)c1. The first-order valence-electron chi connectivity index (χ1n) is 9.54. The largest absolute Gasteiger partial charge is 0.497 e. The van der Waals surface area contributed by atoms with Crippen molar-refractivity contribution in [1.29, 1.82) is 0 Å². The van der Waals surface area contributed by atoms with E-state index in [1.54, 1.807) is 61.7 Å². The first-order valence-corrected chi connectivity index (χ1v) is 10.5. The van der Waals surface area contributed by atoms with E-state index in [1.165, 1.54) is 18.7 Å². The Hall–Kier alpha value is -3.58. The fourth-order valence-electron chi connectivity index (χ4n) is 2.77. The summed E-state index contributed by atoms with van der Waals surface area (Å²) in [6, 6.07) is 21.0. The van der Waals surface area contributed by atoms with Crippen molar-refractivity contribution in [3.63, 3.8) is 0 Å². The molecule has 0 heterocycles. The Morgan fingerprint density at radius 1 is 0.839 bits per heavy atom. The zero-order chi connectivity index (χ0) is 22.2. The van der Waals surface area contributed by atoms with Gasteiger partial charge in [0, 0.05) is 27.4 Å². The fraction of sp³-hybridized carbons (Fsp3) is 0.125. The van der Waals surface area contributed by atoms with E-state index in [0.717, 1.165) is 4.90 Å². The van der Waals surface area contributed by atoms with Crippen molar-refractivity contribution in [2.75, 3.05) is 23.5 Å². The number of amides is 2. The van der Waals surface area contributed by atoms with Crippen molar-refractivity contribution in [3.05, 3.63) is 83.9 Å². The molecule has 6 nitrogen and oxygen atoms in total. The summed E-state index contributed by atoms with van der Waals surface area (Å²) in [7, 11) is 1.55. The van der Waals surface area contributed by atoms with Gasteiger partial charge in [0.15, 0.2) is 5.78 Å². The summed E-state index contributed by atoms with van der Waals surface area (Å²) in [6.45, 7) is 1.50. The minimum atomic E-state index is -0.243. The summed E-state index contributed by atoms with van der Waals surface area (Å²) >= 11 is 1.36. The van der Waals surface area contributed by atoms with Crippen LogP contribution < -0.4 is 15.4 Å². The van der Waals surface area contributed by atoms with Gasteiger partial charge in [-0.3, -0.25) is 14.4 Å². The molecule has 0 aliphatic heterocycles.